The molecule has 1 aromatic heterocycles. The van der Waals surface area contributed by atoms with Gasteiger partial charge in [-0.15, -0.1) is 11.3 Å². The molecular weight excluding hydrogens is 394 g/mol. The summed E-state index contributed by atoms with van der Waals surface area (Å²) in [5.41, 5.74) is 2.45. The number of hydrogen-bond donors (Lipinski definition) is 1. The number of piperidine rings is 1. The summed E-state index contributed by atoms with van der Waals surface area (Å²) in [6.45, 7) is 3.05. The van der Waals surface area contributed by atoms with E-state index in [4.69, 9.17) is 0 Å². The van der Waals surface area contributed by atoms with E-state index >= 15 is 0 Å². The molecule has 0 radical (unpaired) electrons. The molecule has 8 heteroatoms. The van der Waals surface area contributed by atoms with E-state index in [2.05, 4.69) is 36.5 Å². The minimum atomic E-state index is -3.16. The van der Waals surface area contributed by atoms with Gasteiger partial charge in [-0.1, -0.05) is 31.2 Å². The van der Waals surface area contributed by atoms with E-state index in [9.17, 15) is 13.2 Å². The number of thiophene rings is 1. The summed E-state index contributed by atoms with van der Waals surface area (Å²) in [5.74, 6) is 0. The standard InChI is InChI=1S/C20H27N3O3S2/c1-4-15-6-5-7-16(14-15)18-8-9-19(27-18)21-20(24)22(2)17-10-12-23(13-11-17)28(3,25)26/h5-9,14,17H,4,10-13H2,1-3H3,(H,21,24). The number of benzene rings is 1. The molecule has 28 heavy (non-hydrogen) atoms. The molecule has 1 aliphatic rings. The Morgan fingerprint density at radius 3 is 2.61 bits per heavy atom. The summed E-state index contributed by atoms with van der Waals surface area (Å²) in [5, 5.41) is 3.78. The van der Waals surface area contributed by atoms with Crippen molar-refractivity contribution >= 4 is 32.4 Å². The number of amides is 2. The van der Waals surface area contributed by atoms with Crippen molar-refractivity contribution in [1.29, 1.82) is 0 Å². The summed E-state index contributed by atoms with van der Waals surface area (Å²) in [6.07, 6.45) is 3.52. The number of sulfonamides is 1. The molecule has 0 saturated carbocycles. The van der Waals surface area contributed by atoms with E-state index in [0.717, 1.165) is 21.9 Å². The van der Waals surface area contributed by atoms with E-state index in [-0.39, 0.29) is 12.1 Å². The maximum Gasteiger partial charge on any atom is 0.322 e. The van der Waals surface area contributed by atoms with Crippen LogP contribution in [0.3, 0.4) is 0 Å². The number of nitrogens with one attached hydrogen (secondary N) is 1. The fraction of sp³-hybridized carbons (Fsp3) is 0.450. The first-order valence-electron chi connectivity index (χ1n) is 9.46. The average molecular weight is 422 g/mol. The molecule has 3 rings (SSSR count). The Labute approximate surface area is 171 Å². The van der Waals surface area contributed by atoms with E-state index in [1.165, 1.54) is 16.1 Å². The monoisotopic (exact) mass is 421 g/mol. The van der Waals surface area contributed by atoms with Gasteiger partial charge in [-0.25, -0.2) is 17.5 Å². The van der Waals surface area contributed by atoms with E-state index in [1.54, 1.807) is 23.3 Å². The van der Waals surface area contributed by atoms with Gasteiger partial charge in [0.2, 0.25) is 10.0 Å². The molecule has 0 atom stereocenters. The van der Waals surface area contributed by atoms with E-state index < -0.39 is 10.0 Å². The van der Waals surface area contributed by atoms with Gasteiger partial charge in [-0.2, -0.15) is 0 Å². The van der Waals surface area contributed by atoms with Crippen molar-refractivity contribution in [2.45, 2.75) is 32.2 Å². The van der Waals surface area contributed by atoms with Gasteiger partial charge in [0.05, 0.1) is 11.3 Å². The first-order valence-corrected chi connectivity index (χ1v) is 12.1. The Morgan fingerprint density at radius 2 is 1.96 bits per heavy atom. The molecule has 1 saturated heterocycles. The second-order valence-corrected chi connectivity index (χ2v) is 10.2. The molecule has 6 nitrogen and oxygen atoms in total. The van der Waals surface area contributed by atoms with Gasteiger partial charge in [0.1, 0.15) is 0 Å². The zero-order valence-corrected chi connectivity index (χ0v) is 18.1. The van der Waals surface area contributed by atoms with Crippen molar-refractivity contribution in [3.8, 4) is 10.4 Å². The second kappa shape index (κ2) is 8.63. The Hall–Kier alpha value is -1.90. The fourth-order valence-corrected chi connectivity index (χ4v) is 5.19. The lowest BCUT2D eigenvalue weighted by atomic mass is 10.1. The van der Waals surface area contributed by atoms with Crippen LogP contribution >= 0.6 is 11.3 Å². The smallest absolute Gasteiger partial charge is 0.322 e. The lowest BCUT2D eigenvalue weighted by Crippen LogP contribution is -2.48. The zero-order valence-electron chi connectivity index (χ0n) is 16.5. The molecular formula is C20H27N3O3S2. The Bertz CT molecular complexity index is 932. The molecule has 0 spiro atoms. The second-order valence-electron chi connectivity index (χ2n) is 7.15. The van der Waals surface area contributed by atoms with Gasteiger partial charge in [0, 0.05) is 31.1 Å². The normalized spacial score (nSPS) is 16.1. The van der Waals surface area contributed by atoms with Gasteiger partial charge in [-0.05, 0) is 42.5 Å². The summed E-state index contributed by atoms with van der Waals surface area (Å²) in [7, 11) is -1.38. The van der Waals surface area contributed by atoms with Crippen molar-refractivity contribution in [2.75, 3.05) is 31.7 Å². The summed E-state index contributed by atoms with van der Waals surface area (Å²) >= 11 is 1.56. The predicted molar refractivity (Wildman–Crippen MR) is 115 cm³/mol. The molecule has 0 aliphatic carbocycles. The van der Waals surface area contributed by atoms with Crippen LogP contribution in [0.4, 0.5) is 9.80 Å². The highest BCUT2D eigenvalue weighted by atomic mass is 32.2. The van der Waals surface area contributed by atoms with Crippen molar-refractivity contribution in [3.63, 3.8) is 0 Å². The summed E-state index contributed by atoms with van der Waals surface area (Å²) in [4.78, 5) is 15.4. The average Bonchev–Trinajstić information content (AvgIpc) is 3.15. The third-order valence-electron chi connectivity index (χ3n) is 5.22. The van der Waals surface area contributed by atoms with Crippen molar-refractivity contribution in [2.24, 2.45) is 0 Å². The summed E-state index contributed by atoms with van der Waals surface area (Å²) < 4.78 is 24.7. The zero-order chi connectivity index (χ0) is 20.3. The van der Waals surface area contributed by atoms with Crippen LogP contribution in [0.15, 0.2) is 36.4 Å². The Kier molecular flexibility index (Phi) is 6.42. The fourth-order valence-electron chi connectivity index (χ4n) is 3.43. The van der Waals surface area contributed by atoms with E-state index in [0.29, 0.717) is 25.9 Å². The third kappa shape index (κ3) is 4.92. The van der Waals surface area contributed by atoms with Gasteiger partial charge < -0.3 is 4.90 Å². The maximum atomic E-state index is 12.6. The van der Waals surface area contributed by atoms with Crippen LogP contribution in [0.25, 0.3) is 10.4 Å². The minimum Gasteiger partial charge on any atom is -0.324 e. The Morgan fingerprint density at radius 1 is 1.25 bits per heavy atom. The highest BCUT2D eigenvalue weighted by Gasteiger charge is 2.29. The van der Waals surface area contributed by atoms with Crippen molar-refractivity contribution in [3.05, 3.63) is 42.0 Å². The molecule has 2 aromatic rings. The Balaban J connectivity index is 1.60. The van der Waals surface area contributed by atoms with Crippen LogP contribution in [-0.2, 0) is 16.4 Å². The predicted octanol–water partition coefficient (Wildman–Crippen LogP) is 3.87. The van der Waals surface area contributed by atoms with Gasteiger partial charge in [0.15, 0.2) is 0 Å². The number of rotatable bonds is 5. The maximum absolute atomic E-state index is 12.6. The number of carbonyl (C=O) groups is 1. The number of nitrogens with zero attached hydrogens (tertiary/aromatic N) is 2. The van der Waals surface area contributed by atoms with Gasteiger partial charge >= 0.3 is 6.03 Å². The molecule has 0 unspecified atom stereocenters. The summed E-state index contributed by atoms with van der Waals surface area (Å²) in [6, 6.07) is 12.3. The molecule has 1 aliphatic heterocycles. The molecule has 2 amide bonds. The number of aryl methyl sites for hydroxylation is 1. The quantitative estimate of drug-likeness (QED) is 0.797. The van der Waals surface area contributed by atoms with Gasteiger partial charge in [0.25, 0.3) is 0 Å². The molecule has 1 N–H and O–H groups in total. The van der Waals surface area contributed by atoms with Crippen LogP contribution in [-0.4, -0.2) is 56.1 Å². The van der Waals surface area contributed by atoms with Gasteiger partial charge in [-0.3, -0.25) is 5.32 Å². The van der Waals surface area contributed by atoms with Crippen molar-refractivity contribution < 1.29 is 13.2 Å². The highest BCUT2D eigenvalue weighted by molar-refractivity contribution is 7.88. The number of carbonyl (C=O) groups excluding carboxylic acids is 1. The first kappa shape index (κ1) is 20.8. The molecule has 152 valence electrons. The minimum absolute atomic E-state index is 0.0404. The molecule has 0 bridgehead atoms. The lowest BCUT2D eigenvalue weighted by Gasteiger charge is -2.35. The molecule has 1 fully saturated rings. The largest absolute Gasteiger partial charge is 0.324 e. The van der Waals surface area contributed by atoms with E-state index in [1.807, 2.05) is 12.1 Å². The topological polar surface area (TPSA) is 69.7 Å². The van der Waals surface area contributed by atoms with Crippen LogP contribution in [0.5, 0.6) is 0 Å². The first-order chi connectivity index (χ1) is 13.3. The number of anilines is 1. The molecule has 1 aromatic carbocycles. The van der Waals surface area contributed by atoms with Crippen LogP contribution < -0.4 is 5.32 Å². The number of urea groups is 1. The highest BCUT2D eigenvalue weighted by Crippen LogP contribution is 2.32. The van der Waals surface area contributed by atoms with Crippen molar-refractivity contribution in [1.82, 2.24) is 9.21 Å². The number of hydrogen-bond acceptors (Lipinski definition) is 4. The molecule has 2 heterocycles. The van der Waals surface area contributed by atoms with Crippen LogP contribution in [0.2, 0.25) is 0 Å². The SMILES string of the molecule is CCc1cccc(-c2ccc(NC(=O)N(C)C3CCN(S(C)(=O)=O)CC3)s2)c1. The third-order valence-corrected chi connectivity index (χ3v) is 7.57. The lowest BCUT2D eigenvalue weighted by molar-refractivity contribution is 0.174. The van der Waals surface area contributed by atoms with Crippen LogP contribution in [0.1, 0.15) is 25.3 Å². The van der Waals surface area contributed by atoms with Crippen LogP contribution in [0, 0.1) is 0 Å².